The van der Waals surface area contributed by atoms with Crippen LogP contribution < -0.4 is 5.32 Å². The highest BCUT2D eigenvalue weighted by Crippen LogP contribution is 2.32. The van der Waals surface area contributed by atoms with Crippen molar-refractivity contribution in [3.05, 3.63) is 41.5 Å². The van der Waals surface area contributed by atoms with Crippen LogP contribution in [0.2, 0.25) is 0 Å². The van der Waals surface area contributed by atoms with Gasteiger partial charge in [0.25, 0.3) is 11.8 Å². The maximum atomic E-state index is 13.0. The Balaban J connectivity index is 1.72. The highest BCUT2D eigenvalue weighted by molar-refractivity contribution is 6.26. The van der Waals surface area contributed by atoms with E-state index in [1.54, 1.807) is 18.2 Å². The molecule has 2 aromatic rings. The Morgan fingerprint density at radius 1 is 1.04 bits per heavy atom. The van der Waals surface area contributed by atoms with Gasteiger partial charge in [-0.05, 0) is 49.5 Å². The van der Waals surface area contributed by atoms with Gasteiger partial charge < -0.3 is 10.2 Å². The van der Waals surface area contributed by atoms with Gasteiger partial charge in [-0.2, -0.15) is 0 Å². The van der Waals surface area contributed by atoms with Crippen molar-refractivity contribution >= 4 is 34.2 Å². The van der Waals surface area contributed by atoms with E-state index >= 15 is 0 Å². The zero-order valence-corrected chi connectivity index (χ0v) is 14.7. The van der Waals surface area contributed by atoms with E-state index in [0.717, 1.165) is 18.5 Å². The fraction of sp³-hybridized carbons (Fsp3) is 0.350. The number of anilines is 1. The minimum Gasteiger partial charge on any atom is -0.326 e. The van der Waals surface area contributed by atoms with E-state index in [0.29, 0.717) is 35.3 Å². The van der Waals surface area contributed by atoms with Gasteiger partial charge in [0.2, 0.25) is 5.91 Å². The normalized spacial score (nSPS) is 17.2. The fourth-order valence-electron chi connectivity index (χ4n) is 3.88. The van der Waals surface area contributed by atoms with E-state index in [2.05, 4.69) is 10.2 Å². The van der Waals surface area contributed by atoms with Gasteiger partial charge in [-0.3, -0.25) is 19.3 Å². The SMILES string of the molecule is CC(=O)Nc1cc2c3c(cccc3c1)C(=O)N(CCN1CCCC1)C2=O. The summed E-state index contributed by atoms with van der Waals surface area (Å²) < 4.78 is 0. The molecule has 3 amide bonds. The van der Waals surface area contributed by atoms with Crippen LogP contribution in [0.1, 0.15) is 40.5 Å². The molecule has 1 N–H and O–H groups in total. The van der Waals surface area contributed by atoms with Crippen molar-refractivity contribution in [1.29, 1.82) is 0 Å². The Labute approximate surface area is 151 Å². The van der Waals surface area contributed by atoms with Crippen LogP contribution in [0, 0.1) is 0 Å². The molecule has 2 heterocycles. The molecule has 0 spiro atoms. The quantitative estimate of drug-likeness (QED) is 0.859. The van der Waals surface area contributed by atoms with E-state index < -0.39 is 0 Å². The van der Waals surface area contributed by atoms with Gasteiger partial charge in [-0.25, -0.2) is 0 Å². The first-order valence-electron chi connectivity index (χ1n) is 8.97. The van der Waals surface area contributed by atoms with Crippen molar-refractivity contribution in [2.45, 2.75) is 19.8 Å². The number of carbonyl (C=O) groups excluding carboxylic acids is 3. The number of likely N-dealkylation sites (tertiary alicyclic amines) is 1. The van der Waals surface area contributed by atoms with Crippen molar-refractivity contribution in [3.8, 4) is 0 Å². The zero-order chi connectivity index (χ0) is 18.3. The second-order valence-electron chi connectivity index (χ2n) is 6.92. The first-order valence-corrected chi connectivity index (χ1v) is 8.97. The van der Waals surface area contributed by atoms with Crippen molar-refractivity contribution < 1.29 is 14.4 Å². The second-order valence-corrected chi connectivity index (χ2v) is 6.92. The van der Waals surface area contributed by atoms with Gasteiger partial charge in [0.15, 0.2) is 0 Å². The monoisotopic (exact) mass is 351 g/mol. The standard InChI is InChI=1S/C20H21N3O3/c1-13(24)21-15-11-14-5-4-6-16-18(14)17(12-15)20(26)23(19(16)25)10-9-22-7-2-3-8-22/h4-6,11-12H,2-3,7-10H2,1H3,(H,21,24). The molecule has 0 bridgehead atoms. The molecule has 0 unspecified atom stereocenters. The number of hydrogen-bond donors (Lipinski definition) is 1. The number of benzene rings is 2. The summed E-state index contributed by atoms with van der Waals surface area (Å²) in [6.45, 7) is 4.57. The van der Waals surface area contributed by atoms with Crippen LogP contribution in [0.15, 0.2) is 30.3 Å². The molecule has 0 aliphatic carbocycles. The number of hydrogen-bond acceptors (Lipinski definition) is 4. The van der Waals surface area contributed by atoms with E-state index in [4.69, 9.17) is 0 Å². The van der Waals surface area contributed by atoms with Crippen LogP contribution in [-0.4, -0.2) is 53.7 Å². The molecule has 2 aliphatic heterocycles. The minimum absolute atomic E-state index is 0.196. The number of nitrogens with one attached hydrogen (secondary N) is 1. The van der Waals surface area contributed by atoms with Gasteiger partial charge in [0.05, 0.1) is 5.56 Å². The van der Waals surface area contributed by atoms with Gasteiger partial charge in [-0.15, -0.1) is 0 Å². The maximum absolute atomic E-state index is 13.0. The highest BCUT2D eigenvalue weighted by Gasteiger charge is 2.33. The molecule has 4 rings (SSSR count). The third kappa shape index (κ3) is 2.86. The lowest BCUT2D eigenvalue weighted by molar-refractivity contribution is -0.114. The first kappa shape index (κ1) is 16.7. The average molecular weight is 351 g/mol. The number of imide groups is 1. The lowest BCUT2D eigenvalue weighted by atomic mass is 9.93. The van der Waals surface area contributed by atoms with Crippen LogP contribution in [-0.2, 0) is 4.79 Å². The molecule has 1 saturated heterocycles. The smallest absolute Gasteiger partial charge is 0.261 e. The summed E-state index contributed by atoms with van der Waals surface area (Å²) in [7, 11) is 0. The van der Waals surface area contributed by atoms with Gasteiger partial charge >= 0.3 is 0 Å². The summed E-state index contributed by atoms with van der Waals surface area (Å²) in [5.41, 5.74) is 1.59. The molecular formula is C20H21N3O3. The summed E-state index contributed by atoms with van der Waals surface area (Å²) >= 11 is 0. The molecule has 0 saturated carbocycles. The summed E-state index contributed by atoms with van der Waals surface area (Å²) in [6, 6.07) is 8.90. The van der Waals surface area contributed by atoms with Gasteiger partial charge in [0, 0.05) is 36.7 Å². The number of amides is 3. The van der Waals surface area contributed by atoms with Gasteiger partial charge in [0.1, 0.15) is 0 Å². The van der Waals surface area contributed by atoms with Crippen LogP contribution in [0.5, 0.6) is 0 Å². The highest BCUT2D eigenvalue weighted by atomic mass is 16.2. The van der Waals surface area contributed by atoms with Crippen LogP contribution in [0.25, 0.3) is 10.8 Å². The largest absolute Gasteiger partial charge is 0.326 e. The Bertz CT molecular complexity index is 916. The van der Waals surface area contributed by atoms with E-state index in [-0.39, 0.29) is 17.7 Å². The van der Waals surface area contributed by atoms with E-state index in [9.17, 15) is 14.4 Å². The summed E-state index contributed by atoms with van der Waals surface area (Å²) in [5, 5.41) is 4.19. The summed E-state index contributed by atoms with van der Waals surface area (Å²) in [5.74, 6) is -0.720. The predicted molar refractivity (Wildman–Crippen MR) is 99.3 cm³/mol. The van der Waals surface area contributed by atoms with Crippen molar-refractivity contribution in [2.75, 3.05) is 31.5 Å². The second kappa shape index (κ2) is 6.53. The van der Waals surface area contributed by atoms with Crippen molar-refractivity contribution in [2.24, 2.45) is 0 Å². The molecule has 6 nitrogen and oxygen atoms in total. The minimum atomic E-state index is -0.287. The van der Waals surface area contributed by atoms with Crippen LogP contribution in [0.4, 0.5) is 5.69 Å². The van der Waals surface area contributed by atoms with E-state index in [1.807, 2.05) is 12.1 Å². The Morgan fingerprint density at radius 3 is 2.50 bits per heavy atom. The summed E-state index contributed by atoms with van der Waals surface area (Å²) in [6.07, 6.45) is 2.34. The third-order valence-corrected chi connectivity index (χ3v) is 5.09. The number of rotatable bonds is 4. The van der Waals surface area contributed by atoms with Crippen LogP contribution >= 0.6 is 0 Å². The lowest BCUT2D eigenvalue weighted by Crippen LogP contribution is -2.44. The van der Waals surface area contributed by atoms with E-state index in [1.165, 1.54) is 24.7 Å². The molecule has 134 valence electrons. The Kier molecular flexibility index (Phi) is 4.20. The molecule has 0 radical (unpaired) electrons. The number of nitrogens with zero attached hydrogens (tertiary/aromatic N) is 2. The zero-order valence-electron chi connectivity index (χ0n) is 14.7. The van der Waals surface area contributed by atoms with Crippen molar-refractivity contribution in [1.82, 2.24) is 9.80 Å². The molecule has 2 aliphatic rings. The van der Waals surface area contributed by atoms with Crippen LogP contribution in [0.3, 0.4) is 0 Å². The fourth-order valence-corrected chi connectivity index (χ4v) is 3.88. The molecular weight excluding hydrogens is 330 g/mol. The number of carbonyl (C=O) groups is 3. The molecule has 0 aromatic heterocycles. The maximum Gasteiger partial charge on any atom is 0.261 e. The summed E-state index contributed by atoms with van der Waals surface area (Å²) in [4.78, 5) is 41.0. The molecule has 26 heavy (non-hydrogen) atoms. The molecule has 6 heteroatoms. The third-order valence-electron chi connectivity index (χ3n) is 5.09. The average Bonchev–Trinajstić information content (AvgIpc) is 3.12. The Hall–Kier alpha value is -2.73. The van der Waals surface area contributed by atoms with Gasteiger partial charge in [-0.1, -0.05) is 12.1 Å². The molecule has 2 aromatic carbocycles. The Morgan fingerprint density at radius 2 is 1.77 bits per heavy atom. The molecule has 0 atom stereocenters. The lowest BCUT2D eigenvalue weighted by Gasteiger charge is -2.29. The predicted octanol–water partition coefficient (Wildman–Crippen LogP) is 2.49. The topological polar surface area (TPSA) is 69.7 Å². The molecule has 1 fully saturated rings. The van der Waals surface area contributed by atoms with Crippen molar-refractivity contribution in [3.63, 3.8) is 0 Å². The first-order chi connectivity index (χ1) is 12.5.